The SMILES string of the molecule is O=C(CCOCCOCCOCCOCCC(=O)Nc1cccc2c1CN(C1CCC(=O)NC1=O)C2=O)NCCOc1ccc(C(=C(CCCl)c2ccc(O)cc2)c2ccc(O)cc2)cc1. The quantitative estimate of drug-likeness (QED) is 0.0231. The van der Waals surface area contributed by atoms with Gasteiger partial charge in [-0.05, 0) is 89.2 Å². The molecule has 1 unspecified atom stereocenters. The van der Waals surface area contributed by atoms with Gasteiger partial charge in [-0.1, -0.05) is 42.5 Å². The second-order valence-electron chi connectivity index (χ2n) is 15.3. The van der Waals surface area contributed by atoms with Gasteiger partial charge in [-0.3, -0.25) is 29.3 Å². The van der Waals surface area contributed by atoms with Gasteiger partial charge in [0.1, 0.15) is 29.9 Å². The fraction of sp³-hybridized carbons (Fsp3) is 0.367. The van der Waals surface area contributed by atoms with E-state index in [4.69, 9.17) is 35.3 Å². The Morgan fingerprint density at radius 3 is 1.83 bits per heavy atom. The fourth-order valence-corrected chi connectivity index (χ4v) is 7.68. The van der Waals surface area contributed by atoms with Crippen LogP contribution in [-0.4, -0.2) is 123 Å². The number of carbonyl (C=O) groups excluding carboxylic acids is 5. The summed E-state index contributed by atoms with van der Waals surface area (Å²) in [4.78, 5) is 63.3. The summed E-state index contributed by atoms with van der Waals surface area (Å²) < 4.78 is 28.0. The number of hydrogen-bond acceptors (Lipinski definition) is 12. The standard InChI is InChI=1S/C49H55ClN4O12/c50-21-18-39(33-4-10-36(55)11-5-33)47(34-6-12-37(56)13-7-34)35-8-14-38(15-9-35)66-25-22-51-44(57)19-23-62-26-28-64-30-31-65-29-27-63-24-20-46(59)52-42-3-1-2-40-41(42)32-54(49(40)61)43-16-17-45(58)53-48(43)60/h1-15,43,55-56H,16-32H2,(H,51,57)(H,52,59)(H,53,58,60). The maximum atomic E-state index is 13.0. The summed E-state index contributed by atoms with van der Waals surface area (Å²) in [5.41, 5.74) is 6.23. The van der Waals surface area contributed by atoms with Gasteiger partial charge in [0.05, 0.1) is 65.8 Å². The number of imide groups is 1. The van der Waals surface area contributed by atoms with Gasteiger partial charge in [0.25, 0.3) is 5.91 Å². The molecule has 0 aromatic heterocycles. The first kappa shape index (κ1) is 49.1. The van der Waals surface area contributed by atoms with Gasteiger partial charge in [0.2, 0.25) is 23.6 Å². The topological polar surface area (TPSA) is 211 Å². The van der Waals surface area contributed by atoms with Crippen molar-refractivity contribution in [3.63, 3.8) is 0 Å². The Hall–Kier alpha value is -6.30. The maximum Gasteiger partial charge on any atom is 0.255 e. The zero-order chi connectivity index (χ0) is 46.7. The van der Waals surface area contributed by atoms with E-state index in [0.717, 1.165) is 27.8 Å². The van der Waals surface area contributed by atoms with Gasteiger partial charge in [-0.15, -0.1) is 11.6 Å². The van der Waals surface area contributed by atoms with Crippen molar-refractivity contribution in [1.82, 2.24) is 15.5 Å². The number of nitrogens with one attached hydrogen (secondary N) is 3. The lowest BCUT2D eigenvalue weighted by Gasteiger charge is -2.29. The predicted molar refractivity (Wildman–Crippen MR) is 246 cm³/mol. The van der Waals surface area contributed by atoms with Crippen LogP contribution in [0, 0.1) is 0 Å². The van der Waals surface area contributed by atoms with E-state index in [-0.39, 0.29) is 93.8 Å². The number of phenols is 2. The largest absolute Gasteiger partial charge is 0.508 e. The number of benzene rings is 4. The first-order valence-corrected chi connectivity index (χ1v) is 22.4. The predicted octanol–water partition coefficient (Wildman–Crippen LogP) is 5.43. The molecule has 5 amide bonds. The highest BCUT2D eigenvalue weighted by molar-refractivity contribution is 6.18. The first-order valence-electron chi connectivity index (χ1n) is 21.9. The Labute approximate surface area is 388 Å². The van der Waals surface area contributed by atoms with Gasteiger partial charge in [0.15, 0.2) is 0 Å². The van der Waals surface area contributed by atoms with Gasteiger partial charge in [-0.2, -0.15) is 0 Å². The van der Waals surface area contributed by atoms with Crippen molar-refractivity contribution >= 4 is 58.0 Å². The molecule has 0 aliphatic carbocycles. The number of alkyl halides is 1. The summed E-state index contributed by atoms with van der Waals surface area (Å²) in [5, 5.41) is 27.7. The van der Waals surface area contributed by atoms with E-state index in [1.807, 2.05) is 48.5 Å². The molecule has 4 aromatic carbocycles. The Kier molecular flexibility index (Phi) is 18.9. The van der Waals surface area contributed by atoms with Crippen molar-refractivity contribution in [3.8, 4) is 17.2 Å². The molecular weight excluding hydrogens is 872 g/mol. The number of nitrogens with zero attached hydrogens (tertiary/aromatic N) is 1. The molecule has 6 rings (SSSR count). The smallest absolute Gasteiger partial charge is 0.255 e. The number of amides is 5. The van der Waals surface area contributed by atoms with Gasteiger partial charge < -0.3 is 49.4 Å². The molecule has 66 heavy (non-hydrogen) atoms. The molecule has 1 fully saturated rings. The van der Waals surface area contributed by atoms with Crippen LogP contribution < -0.4 is 20.7 Å². The van der Waals surface area contributed by atoms with Crippen molar-refractivity contribution in [3.05, 3.63) is 119 Å². The average molecular weight is 927 g/mol. The highest BCUT2D eigenvalue weighted by atomic mass is 35.5. The minimum Gasteiger partial charge on any atom is -0.508 e. The van der Waals surface area contributed by atoms with E-state index in [9.17, 15) is 34.2 Å². The summed E-state index contributed by atoms with van der Waals surface area (Å²) in [6.45, 7) is 3.13. The molecule has 0 spiro atoms. The summed E-state index contributed by atoms with van der Waals surface area (Å²) in [5.74, 6) is -0.236. The maximum absolute atomic E-state index is 13.0. The second-order valence-corrected chi connectivity index (χ2v) is 15.7. The lowest BCUT2D eigenvalue weighted by Crippen LogP contribution is -2.52. The highest BCUT2D eigenvalue weighted by Crippen LogP contribution is 2.37. The number of aromatic hydroxyl groups is 2. The molecule has 2 aliphatic rings. The molecule has 1 atom stereocenters. The molecule has 17 heteroatoms. The van der Waals surface area contributed by atoms with Crippen LogP contribution in [0.3, 0.4) is 0 Å². The second kappa shape index (κ2) is 25.4. The molecule has 0 saturated carbocycles. The fourth-order valence-electron chi connectivity index (χ4n) is 7.49. The summed E-state index contributed by atoms with van der Waals surface area (Å²) in [6, 6.07) is 25.9. The Morgan fingerprint density at radius 2 is 1.24 bits per heavy atom. The van der Waals surface area contributed by atoms with Gasteiger partial charge in [-0.25, -0.2) is 0 Å². The summed E-state index contributed by atoms with van der Waals surface area (Å²) in [6.07, 6.45) is 1.28. The summed E-state index contributed by atoms with van der Waals surface area (Å²) in [7, 11) is 0. The lowest BCUT2D eigenvalue weighted by molar-refractivity contribution is -0.137. The van der Waals surface area contributed by atoms with Crippen LogP contribution >= 0.6 is 11.6 Å². The van der Waals surface area contributed by atoms with Crippen molar-refractivity contribution in [2.24, 2.45) is 0 Å². The van der Waals surface area contributed by atoms with Crippen LogP contribution in [0.5, 0.6) is 17.2 Å². The zero-order valence-corrected chi connectivity index (χ0v) is 37.3. The van der Waals surface area contributed by atoms with E-state index < -0.39 is 11.9 Å². The van der Waals surface area contributed by atoms with Crippen molar-refractivity contribution in [2.45, 2.75) is 44.7 Å². The van der Waals surface area contributed by atoms with Crippen LogP contribution in [-0.2, 0) is 44.7 Å². The van der Waals surface area contributed by atoms with Crippen LogP contribution in [0.25, 0.3) is 11.1 Å². The highest BCUT2D eigenvalue weighted by Gasteiger charge is 2.40. The van der Waals surface area contributed by atoms with Crippen LogP contribution in [0.1, 0.15) is 64.7 Å². The van der Waals surface area contributed by atoms with E-state index in [1.54, 1.807) is 42.5 Å². The minimum atomic E-state index is -0.737. The molecule has 0 bridgehead atoms. The van der Waals surface area contributed by atoms with Gasteiger partial charge in [0, 0.05) is 42.1 Å². The van der Waals surface area contributed by atoms with E-state index in [2.05, 4.69) is 16.0 Å². The number of allylic oxidation sites excluding steroid dienone is 1. The number of piperidine rings is 1. The van der Waals surface area contributed by atoms with Crippen LogP contribution in [0.2, 0.25) is 0 Å². The first-order chi connectivity index (χ1) is 32.1. The zero-order valence-electron chi connectivity index (χ0n) is 36.6. The molecule has 0 radical (unpaired) electrons. The normalized spacial score (nSPS) is 15.0. The van der Waals surface area contributed by atoms with Crippen LogP contribution in [0.4, 0.5) is 5.69 Å². The number of phenolic OH excluding ortho intramolecular Hbond substituents is 2. The number of halogens is 1. The third kappa shape index (κ3) is 14.3. The van der Waals surface area contributed by atoms with E-state index in [1.165, 1.54) is 4.90 Å². The average Bonchev–Trinajstić information content (AvgIpc) is 3.65. The molecule has 5 N–H and O–H groups in total. The number of anilines is 1. The Bertz CT molecular complexity index is 2300. The number of hydrogen-bond donors (Lipinski definition) is 5. The third-order valence-corrected chi connectivity index (χ3v) is 11.0. The van der Waals surface area contributed by atoms with E-state index >= 15 is 0 Å². The molecule has 2 aliphatic heterocycles. The Morgan fingerprint density at radius 1 is 0.682 bits per heavy atom. The number of ether oxygens (including phenoxy) is 5. The lowest BCUT2D eigenvalue weighted by atomic mass is 9.88. The van der Waals surface area contributed by atoms with Crippen molar-refractivity contribution in [1.29, 1.82) is 0 Å². The Balaban J connectivity index is 0.773. The molecular formula is C49H55ClN4O12. The monoisotopic (exact) mass is 926 g/mol. The van der Waals surface area contributed by atoms with E-state index in [0.29, 0.717) is 74.4 Å². The molecule has 350 valence electrons. The third-order valence-electron chi connectivity index (χ3n) is 10.8. The van der Waals surface area contributed by atoms with Crippen LogP contribution in [0.15, 0.2) is 91.0 Å². The number of fused-ring (bicyclic) bond motifs is 1. The minimum absolute atomic E-state index is 0.0930. The number of carbonyl (C=O) groups is 5. The molecule has 1 saturated heterocycles. The molecule has 16 nitrogen and oxygen atoms in total. The van der Waals surface area contributed by atoms with Crippen molar-refractivity contribution < 1.29 is 57.9 Å². The van der Waals surface area contributed by atoms with Crippen molar-refractivity contribution in [2.75, 3.05) is 77.2 Å². The number of rotatable bonds is 26. The van der Waals surface area contributed by atoms with Gasteiger partial charge >= 0.3 is 0 Å². The molecule has 4 aromatic rings. The molecule has 2 heterocycles. The summed E-state index contributed by atoms with van der Waals surface area (Å²) >= 11 is 6.25.